The number of carbonyl (C=O) groups excluding carboxylic acids is 1. The number of hydrogen-bond acceptors (Lipinski definition) is 3. The van der Waals surface area contributed by atoms with Crippen LogP contribution in [0.5, 0.6) is 0 Å². The summed E-state index contributed by atoms with van der Waals surface area (Å²) in [5.74, 6) is -1.20. The summed E-state index contributed by atoms with van der Waals surface area (Å²) in [6, 6.07) is 6.28. The molecule has 2 heterocycles. The van der Waals surface area contributed by atoms with Crippen LogP contribution in [0.1, 0.15) is 25.3 Å². The minimum atomic E-state index is -0.566. The van der Waals surface area contributed by atoms with Crippen molar-refractivity contribution < 1.29 is 13.6 Å². The number of halogens is 3. The number of amides is 2. The minimum absolute atomic E-state index is 0.177. The van der Waals surface area contributed by atoms with Gasteiger partial charge >= 0.3 is 6.03 Å². The number of urea groups is 1. The molecule has 1 aliphatic heterocycles. The van der Waals surface area contributed by atoms with Crippen LogP contribution in [0.15, 0.2) is 36.5 Å². The Morgan fingerprint density at radius 2 is 2.04 bits per heavy atom. The highest BCUT2D eigenvalue weighted by atomic mass is 35.5. The Labute approximate surface area is 161 Å². The first-order valence-corrected chi connectivity index (χ1v) is 9.06. The summed E-state index contributed by atoms with van der Waals surface area (Å²) in [4.78, 5) is 19.3. The molecule has 3 atom stereocenters. The number of aromatic nitrogens is 1. The summed E-state index contributed by atoms with van der Waals surface area (Å²) in [6.45, 7) is 4.77. The number of carbonyl (C=O) groups is 1. The van der Waals surface area contributed by atoms with Gasteiger partial charge in [0.05, 0.1) is 6.04 Å². The quantitative estimate of drug-likeness (QED) is 0.806. The van der Waals surface area contributed by atoms with Gasteiger partial charge in [0.25, 0.3) is 0 Å². The maximum atomic E-state index is 13.6. The fourth-order valence-electron chi connectivity index (χ4n) is 3.95. The molecular weight excluding hydrogens is 374 g/mol. The zero-order valence-corrected chi connectivity index (χ0v) is 15.8. The van der Waals surface area contributed by atoms with Crippen LogP contribution >= 0.6 is 11.6 Å². The molecule has 144 valence electrons. The van der Waals surface area contributed by atoms with E-state index in [1.165, 1.54) is 24.4 Å². The lowest BCUT2D eigenvalue weighted by atomic mass is 9.85. The number of anilines is 1. The molecule has 1 aromatic heterocycles. The van der Waals surface area contributed by atoms with E-state index in [-0.39, 0.29) is 18.0 Å². The van der Waals surface area contributed by atoms with Gasteiger partial charge in [0.2, 0.25) is 5.95 Å². The van der Waals surface area contributed by atoms with Crippen LogP contribution in [0.2, 0.25) is 5.02 Å². The second-order valence-electron chi connectivity index (χ2n) is 6.75. The van der Waals surface area contributed by atoms with Gasteiger partial charge in [-0.15, -0.1) is 0 Å². The van der Waals surface area contributed by atoms with Crippen molar-refractivity contribution in [1.82, 2.24) is 9.88 Å². The van der Waals surface area contributed by atoms with Gasteiger partial charge in [0.1, 0.15) is 5.82 Å². The number of hydrogen-bond donors (Lipinski definition) is 1. The number of primary amides is 1. The van der Waals surface area contributed by atoms with Gasteiger partial charge < -0.3 is 15.5 Å². The molecule has 1 saturated heterocycles. The third kappa shape index (κ3) is 3.83. The van der Waals surface area contributed by atoms with Crippen molar-refractivity contribution >= 4 is 23.3 Å². The number of nitrogens with zero attached hydrogens (tertiary/aromatic N) is 3. The number of pyridine rings is 1. The van der Waals surface area contributed by atoms with E-state index in [0.717, 1.165) is 5.56 Å². The highest BCUT2D eigenvalue weighted by Gasteiger charge is 2.40. The van der Waals surface area contributed by atoms with Gasteiger partial charge in [-0.2, -0.15) is 4.39 Å². The molecule has 2 unspecified atom stereocenters. The highest BCUT2D eigenvalue weighted by molar-refractivity contribution is 6.31. The standard InChI is InChI=1S/C19H21ClF2N4O/c1-11(15-4-3-13(21)9-16(15)20)18-12(2)25(7-8-26(18)19(23)27)14-5-6-24-17(22)10-14/h3-6,9-12,18H,7-8H2,1-2H3,(H2,23,27)/t11-,12?,18?/m1/s1. The molecule has 0 spiro atoms. The molecule has 1 fully saturated rings. The van der Waals surface area contributed by atoms with Crippen LogP contribution in [-0.2, 0) is 0 Å². The van der Waals surface area contributed by atoms with Crippen LogP contribution in [0.25, 0.3) is 0 Å². The van der Waals surface area contributed by atoms with Crippen LogP contribution < -0.4 is 10.6 Å². The van der Waals surface area contributed by atoms with Gasteiger partial charge in [0.15, 0.2) is 0 Å². The van der Waals surface area contributed by atoms with Crippen LogP contribution in [0.4, 0.5) is 19.3 Å². The lowest BCUT2D eigenvalue weighted by Crippen LogP contribution is -2.63. The Bertz CT molecular complexity index is 850. The van der Waals surface area contributed by atoms with Gasteiger partial charge in [-0.05, 0) is 30.7 Å². The molecule has 0 saturated carbocycles. The van der Waals surface area contributed by atoms with E-state index in [4.69, 9.17) is 17.3 Å². The molecule has 5 nitrogen and oxygen atoms in total. The molecule has 1 aliphatic rings. The summed E-state index contributed by atoms with van der Waals surface area (Å²) in [6.07, 6.45) is 1.41. The average Bonchev–Trinajstić information content (AvgIpc) is 2.60. The Balaban J connectivity index is 1.98. The Kier molecular flexibility index (Phi) is 5.51. The predicted octanol–water partition coefficient (Wildman–Crippen LogP) is 3.77. The van der Waals surface area contributed by atoms with Crippen molar-refractivity contribution in [3.63, 3.8) is 0 Å². The second kappa shape index (κ2) is 7.68. The first-order valence-electron chi connectivity index (χ1n) is 8.69. The molecule has 0 aliphatic carbocycles. The van der Waals surface area contributed by atoms with Crippen molar-refractivity contribution in [2.24, 2.45) is 5.73 Å². The van der Waals surface area contributed by atoms with Crippen molar-refractivity contribution in [2.75, 3.05) is 18.0 Å². The van der Waals surface area contributed by atoms with Crippen LogP contribution in [0.3, 0.4) is 0 Å². The lowest BCUT2D eigenvalue weighted by Gasteiger charge is -2.49. The normalized spacial score (nSPS) is 21.2. The average molecular weight is 395 g/mol. The van der Waals surface area contributed by atoms with Gasteiger partial charge in [-0.3, -0.25) is 0 Å². The molecule has 1 aromatic carbocycles. The zero-order chi connectivity index (χ0) is 19.7. The summed E-state index contributed by atoms with van der Waals surface area (Å²) in [7, 11) is 0. The zero-order valence-electron chi connectivity index (χ0n) is 15.1. The Morgan fingerprint density at radius 3 is 2.67 bits per heavy atom. The second-order valence-corrected chi connectivity index (χ2v) is 7.15. The molecule has 2 amide bonds. The molecule has 0 bridgehead atoms. The van der Waals surface area contributed by atoms with Crippen molar-refractivity contribution in [3.8, 4) is 0 Å². The fraction of sp³-hybridized carbons (Fsp3) is 0.368. The first-order chi connectivity index (χ1) is 12.8. The van der Waals surface area contributed by atoms with E-state index >= 15 is 0 Å². The molecule has 0 radical (unpaired) electrons. The van der Waals surface area contributed by atoms with Crippen LogP contribution in [0, 0.1) is 11.8 Å². The number of piperazine rings is 1. The molecule has 2 N–H and O–H groups in total. The van der Waals surface area contributed by atoms with E-state index in [1.54, 1.807) is 17.0 Å². The van der Waals surface area contributed by atoms with E-state index in [9.17, 15) is 13.6 Å². The highest BCUT2D eigenvalue weighted by Crippen LogP contribution is 2.35. The van der Waals surface area contributed by atoms with E-state index in [1.807, 2.05) is 18.7 Å². The molecule has 3 rings (SSSR count). The molecular formula is C19H21ClF2N4O. The summed E-state index contributed by atoms with van der Waals surface area (Å²) < 4.78 is 27.0. The lowest BCUT2D eigenvalue weighted by molar-refractivity contribution is 0.144. The Hall–Kier alpha value is -2.41. The molecule has 27 heavy (non-hydrogen) atoms. The first kappa shape index (κ1) is 19.4. The topological polar surface area (TPSA) is 62.5 Å². The predicted molar refractivity (Wildman–Crippen MR) is 101 cm³/mol. The number of benzene rings is 1. The number of nitrogens with two attached hydrogens (primary N) is 1. The SMILES string of the molecule is CC1C([C@H](C)c2ccc(F)cc2Cl)N(C(N)=O)CCN1c1ccnc(F)c1. The smallest absolute Gasteiger partial charge is 0.315 e. The summed E-state index contributed by atoms with van der Waals surface area (Å²) >= 11 is 6.25. The van der Waals surface area contributed by atoms with Crippen LogP contribution in [-0.4, -0.2) is 41.1 Å². The van der Waals surface area contributed by atoms with Gasteiger partial charge in [-0.1, -0.05) is 24.6 Å². The monoisotopic (exact) mass is 394 g/mol. The summed E-state index contributed by atoms with van der Waals surface area (Å²) in [5, 5.41) is 0.297. The Morgan fingerprint density at radius 1 is 1.30 bits per heavy atom. The van der Waals surface area contributed by atoms with E-state index < -0.39 is 17.8 Å². The number of rotatable bonds is 3. The van der Waals surface area contributed by atoms with Crippen molar-refractivity contribution in [3.05, 3.63) is 58.9 Å². The van der Waals surface area contributed by atoms with Crippen molar-refractivity contribution in [1.29, 1.82) is 0 Å². The maximum Gasteiger partial charge on any atom is 0.315 e. The maximum absolute atomic E-state index is 13.6. The minimum Gasteiger partial charge on any atom is -0.365 e. The third-order valence-corrected chi connectivity index (χ3v) is 5.55. The largest absolute Gasteiger partial charge is 0.365 e. The third-order valence-electron chi connectivity index (χ3n) is 5.22. The molecule has 2 aromatic rings. The summed E-state index contributed by atoms with van der Waals surface area (Å²) in [5.41, 5.74) is 7.02. The van der Waals surface area contributed by atoms with E-state index in [0.29, 0.717) is 23.8 Å². The van der Waals surface area contributed by atoms with Gasteiger partial charge in [-0.25, -0.2) is 14.2 Å². The fourth-order valence-corrected chi connectivity index (χ4v) is 4.29. The van der Waals surface area contributed by atoms with E-state index in [2.05, 4.69) is 4.98 Å². The van der Waals surface area contributed by atoms with Gasteiger partial charge in [0, 0.05) is 48.0 Å². The van der Waals surface area contributed by atoms with Crippen molar-refractivity contribution in [2.45, 2.75) is 31.8 Å². The molecule has 8 heteroatoms.